The molecule has 0 unspecified atom stereocenters. The molecule has 6 nitrogen and oxygen atoms in total. The number of H-pyrrole nitrogens is 1. The second-order valence-electron chi connectivity index (χ2n) is 7.47. The van der Waals surface area contributed by atoms with Gasteiger partial charge in [-0.2, -0.15) is 0 Å². The van der Waals surface area contributed by atoms with Crippen LogP contribution in [-0.4, -0.2) is 35.2 Å². The van der Waals surface area contributed by atoms with Gasteiger partial charge in [0.1, 0.15) is 0 Å². The first-order valence-electron chi connectivity index (χ1n) is 9.94. The lowest BCUT2D eigenvalue weighted by molar-refractivity contribution is 0.0818. The Hall–Kier alpha value is -3.12. The summed E-state index contributed by atoms with van der Waals surface area (Å²) in [6, 6.07) is 16.9. The molecule has 2 aromatic carbocycles. The molecule has 2 heterocycles. The maximum atomic E-state index is 13.0. The number of ether oxygens (including phenoxy) is 1. The lowest BCUT2D eigenvalue weighted by Gasteiger charge is -2.25. The third-order valence-corrected chi connectivity index (χ3v) is 5.29. The number of fused-ring (bicyclic) bond motifs is 1. The minimum atomic E-state index is -0.240. The molecule has 1 aliphatic heterocycles. The van der Waals surface area contributed by atoms with Crippen molar-refractivity contribution in [2.75, 3.05) is 18.5 Å². The number of aromatic amines is 1. The Bertz CT molecular complexity index is 1060. The number of carbonyl (C=O) groups is 1. The second kappa shape index (κ2) is 8.49. The van der Waals surface area contributed by atoms with Crippen LogP contribution in [-0.2, 0) is 11.3 Å². The van der Waals surface area contributed by atoms with Crippen molar-refractivity contribution < 1.29 is 9.53 Å². The maximum Gasteiger partial charge on any atom is 0.322 e. The van der Waals surface area contributed by atoms with Gasteiger partial charge in [-0.15, -0.1) is 0 Å². The molecule has 6 heteroatoms. The van der Waals surface area contributed by atoms with Crippen molar-refractivity contribution in [3.05, 3.63) is 76.1 Å². The average Bonchev–Trinajstić information content (AvgIpc) is 3.23. The number of para-hydroxylation sites is 2. The number of benzene rings is 2. The van der Waals surface area contributed by atoms with E-state index in [1.54, 1.807) is 4.90 Å². The molecule has 1 aliphatic rings. The Labute approximate surface area is 169 Å². The Morgan fingerprint density at radius 3 is 2.79 bits per heavy atom. The van der Waals surface area contributed by atoms with Crippen molar-refractivity contribution in [3.8, 4) is 0 Å². The molecule has 1 atom stereocenters. The fraction of sp³-hybridized carbons (Fsp3) is 0.304. The molecule has 1 saturated heterocycles. The van der Waals surface area contributed by atoms with Crippen molar-refractivity contribution in [1.29, 1.82) is 0 Å². The molecule has 0 bridgehead atoms. The summed E-state index contributed by atoms with van der Waals surface area (Å²) in [5.74, 6) is 0. The lowest BCUT2D eigenvalue weighted by Crippen LogP contribution is -2.40. The summed E-state index contributed by atoms with van der Waals surface area (Å²) in [4.78, 5) is 30.3. The first-order valence-corrected chi connectivity index (χ1v) is 9.94. The van der Waals surface area contributed by atoms with Gasteiger partial charge in [0.25, 0.3) is 5.56 Å². The number of nitrogens with zero attached hydrogens (tertiary/aromatic N) is 1. The second-order valence-corrected chi connectivity index (χ2v) is 7.47. The third kappa shape index (κ3) is 4.49. The average molecular weight is 391 g/mol. The molecular weight excluding hydrogens is 366 g/mol. The first-order chi connectivity index (χ1) is 14.1. The van der Waals surface area contributed by atoms with Gasteiger partial charge in [0, 0.05) is 24.4 Å². The lowest BCUT2D eigenvalue weighted by atomic mass is 10.1. The maximum absolute atomic E-state index is 13.0. The first kappa shape index (κ1) is 19.2. The van der Waals surface area contributed by atoms with Crippen molar-refractivity contribution >= 4 is 22.6 Å². The van der Waals surface area contributed by atoms with E-state index in [4.69, 9.17) is 4.74 Å². The largest absolute Gasteiger partial charge is 0.376 e. The third-order valence-electron chi connectivity index (χ3n) is 5.29. The van der Waals surface area contributed by atoms with E-state index in [-0.39, 0.29) is 24.2 Å². The predicted octanol–water partition coefficient (Wildman–Crippen LogP) is 4.05. The molecule has 0 saturated carbocycles. The number of anilines is 1. The molecule has 150 valence electrons. The quantitative estimate of drug-likeness (QED) is 0.689. The Morgan fingerprint density at radius 2 is 2.03 bits per heavy atom. The van der Waals surface area contributed by atoms with E-state index < -0.39 is 0 Å². The fourth-order valence-corrected chi connectivity index (χ4v) is 3.73. The number of aryl methyl sites for hydroxylation is 1. The Balaban J connectivity index is 1.60. The number of rotatable bonds is 5. The highest BCUT2D eigenvalue weighted by atomic mass is 16.5. The van der Waals surface area contributed by atoms with Crippen molar-refractivity contribution in [2.45, 2.75) is 32.4 Å². The van der Waals surface area contributed by atoms with Gasteiger partial charge in [-0.05, 0) is 48.9 Å². The topological polar surface area (TPSA) is 74.4 Å². The monoisotopic (exact) mass is 391 g/mol. The molecule has 1 aromatic heterocycles. The van der Waals surface area contributed by atoms with Gasteiger partial charge in [-0.3, -0.25) is 4.79 Å². The van der Waals surface area contributed by atoms with E-state index in [0.29, 0.717) is 18.7 Å². The molecule has 4 rings (SSSR count). The number of nitrogens with one attached hydrogen (secondary N) is 2. The van der Waals surface area contributed by atoms with E-state index in [1.165, 1.54) is 0 Å². The summed E-state index contributed by atoms with van der Waals surface area (Å²) in [6.45, 7) is 3.35. The molecule has 29 heavy (non-hydrogen) atoms. The van der Waals surface area contributed by atoms with Crippen LogP contribution >= 0.6 is 0 Å². The highest BCUT2D eigenvalue weighted by Crippen LogP contribution is 2.18. The van der Waals surface area contributed by atoms with E-state index in [1.807, 2.05) is 61.5 Å². The fourth-order valence-electron chi connectivity index (χ4n) is 3.73. The number of urea groups is 1. The van der Waals surface area contributed by atoms with Crippen molar-refractivity contribution in [1.82, 2.24) is 9.88 Å². The van der Waals surface area contributed by atoms with Crippen LogP contribution in [0, 0.1) is 6.92 Å². The van der Waals surface area contributed by atoms with Gasteiger partial charge in [-0.25, -0.2) is 4.79 Å². The molecule has 2 amide bonds. The highest BCUT2D eigenvalue weighted by Gasteiger charge is 2.24. The smallest absolute Gasteiger partial charge is 0.322 e. The summed E-state index contributed by atoms with van der Waals surface area (Å²) in [5.41, 5.74) is 2.96. The van der Waals surface area contributed by atoms with E-state index in [2.05, 4.69) is 10.3 Å². The Morgan fingerprint density at radius 1 is 1.21 bits per heavy atom. The minimum absolute atomic E-state index is 0.00157. The molecule has 1 fully saturated rings. The van der Waals surface area contributed by atoms with Crippen LogP contribution in [0.5, 0.6) is 0 Å². The van der Waals surface area contributed by atoms with Crippen LogP contribution in [0.1, 0.15) is 24.0 Å². The zero-order chi connectivity index (χ0) is 20.2. The standard InChI is InChI=1S/C23H25N3O3/c1-16-7-5-8-17-13-18(22(27)25-21(16)17)14-26(15-20-11-6-12-29-20)23(28)24-19-9-3-2-4-10-19/h2-5,7-10,13,20H,6,11-12,14-15H2,1H3,(H,24,28)(H,25,27)/t20-/m1/s1. The molecule has 0 aliphatic carbocycles. The molecule has 2 N–H and O–H groups in total. The van der Waals surface area contributed by atoms with E-state index >= 15 is 0 Å². The number of carbonyl (C=O) groups excluding carboxylic acids is 1. The number of hydrogen-bond donors (Lipinski definition) is 2. The van der Waals surface area contributed by atoms with Crippen molar-refractivity contribution in [3.63, 3.8) is 0 Å². The van der Waals surface area contributed by atoms with Gasteiger partial charge >= 0.3 is 6.03 Å². The van der Waals surface area contributed by atoms with Crippen LogP contribution in [0.4, 0.5) is 10.5 Å². The van der Waals surface area contributed by atoms with Crippen LogP contribution in [0.2, 0.25) is 0 Å². The molecule has 3 aromatic rings. The van der Waals surface area contributed by atoms with Crippen LogP contribution in [0.25, 0.3) is 10.9 Å². The van der Waals surface area contributed by atoms with Crippen molar-refractivity contribution in [2.24, 2.45) is 0 Å². The van der Waals surface area contributed by atoms with Crippen LogP contribution in [0.3, 0.4) is 0 Å². The van der Waals surface area contributed by atoms with Crippen LogP contribution in [0.15, 0.2) is 59.4 Å². The van der Waals surface area contributed by atoms with Gasteiger partial charge in [-0.1, -0.05) is 36.4 Å². The normalized spacial score (nSPS) is 16.1. The number of aromatic nitrogens is 1. The summed E-state index contributed by atoms with van der Waals surface area (Å²) < 4.78 is 5.73. The number of hydrogen-bond acceptors (Lipinski definition) is 3. The number of pyridine rings is 1. The molecular formula is C23H25N3O3. The zero-order valence-electron chi connectivity index (χ0n) is 16.5. The van der Waals surface area contributed by atoms with E-state index in [0.717, 1.165) is 35.0 Å². The minimum Gasteiger partial charge on any atom is -0.376 e. The van der Waals surface area contributed by atoms with Gasteiger partial charge < -0.3 is 19.9 Å². The molecule has 0 radical (unpaired) electrons. The predicted molar refractivity (Wildman–Crippen MR) is 114 cm³/mol. The molecule has 0 spiro atoms. The van der Waals surface area contributed by atoms with E-state index in [9.17, 15) is 9.59 Å². The number of amides is 2. The van der Waals surface area contributed by atoms with Gasteiger partial charge in [0.05, 0.1) is 18.2 Å². The summed E-state index contributed by atoms with van der Waals surface area (Å²) in [6.07, 6.45) is 1.91. The summed E-state index contributed by atoms with van der Waals surface area (Å²) in [7, 11) is 0. The summed E-state index contributed by atoms with van der Waals surface area (Å²) >= 11 is 0. The summed E-state index contributed by atoms with van der Waals surface area (Å²) in [5, 5.41) is 3.88. The highest BCUT2D eigenvalue weighted by molar-refractivity contribution is 5.89. The van der Waals surface area contributed by atoms with Gasteiger partial charge in [0.2, 0.25) is 0 Å². The zero-order valence-corrected chi connectivity index (χ0v) is 16.5. The SMILES string of the molecule is Cc1cccc2cc(CN(C[C@H]3CCCO3)C(=O)Nc3ccccc3)c(=O)[nH]c12. The van der Waals surface area contributed by atoms with Crippen LogP contribution < -0.4 is 10.9 Å². The Kier molecular flexibility index (Phi) is 5.62. The van der Waals surface area contributed by atoms with Gasteiger partial charge in [0.15, 0.2) is 0 Å².